The molecule has 1 aliphatic rings. The molecule has 0 radical (unpaired) electrons. The van der Waals surface area contributed by atoms with Crippen molar-refractivity contribution in [1.29, 1.82) is 0 Å². The third-order valence-corrected chi connectivity index (χ3v) is 4.98. The molecule has 0 bridgehead atoms. The van der Waals surface area contributed by atoms with Crippen LogP contribution in [0.2, 0.25) is 0 Å². The second-order valence-electron chi connectivity index (χ2n) is 6.13. The Morgan fingerprint density at radius 1 is 1.33 bits per heavy atom. The summed E-state index contributed by atoms with van der Waals surface area (Å²) >= 11 is 1.69. The summed E-state index contributed by atoms with van der Waals surface area (Å²) in [5.41, 5.74) is 2.27. The number of piperazine rings is 1. The SMILES string of the molecule is Cc1nc(CN2CCN(C(=O)NCCc3cnn(C)c3)CC2)cs1. The van der Waals surface area contributed by atoms with E-state index in [1.807, 2.05) is 31.3 Å². The van der Waals surface area contributed by atoms with E-state index in [0.717, 1.165) is 55.4 Å². The number of carbonyl (C=O) groups excluding carboxylic acids is 1. The van der Waals surface area contributed by atoms with Crippen LogP contribution in [-0.2, 0) is 20.0 Å². The molecule has 3 heterocycles. The molecule has 8 heteroatoms. The van der Waals surface area contributed by atoms with Crippen molar-refractivity contribution >= 4 is 17.4 Å². The van der Waals surface area contributed by atoms with Crippen molar-refractivity contribution in [3.05, 3.63) is 34.0 Å². The van der Waals surface area contributed by atoms with Gasteiger partial charge in [-0.15, -0.1) is 11.3 Å². The van der Waals surface area contributed by atoms with E-state index in [-0.39, 0.29) is 6.03 Å². The Hall–Kier alpha value is -1.93. The predicted molar refractivity (Wildman–Crippen MR) is 94.0 cm³/mol. The van der Waals surface area contributed by atoms with Crippen LogP contribution in [0.1, 0.15) is 16.3 Å². The van der Waals surface area contributed by atoms with Crippen LogP contribution < -0.4 is 5.32 Å². The number of nitrogens with one attached hydrogen (secondary N) is 1. The third kappa shape index (κ3) is 4.55. The minimum Gasteiger partial charge on any atom is -0.338 e. The number of hydrogen-bond donors (Lipinski definition) is 1. The van der Waals surface area contributed by atoms with Gasteiger partial charge >= 0.3 is 6.03 Å². The van der Waals surface area contributed by atoms with Crippen LogP contribution in [-0.4, -0.2) is 63.3 Å². The Bertz CT molecular complexity index is 674. The monoisotopic (exact) mass is 348 g/mol. The molecule has 1 N–H and O–H groups in total. The van der Waals surface area contributed by atoms with Gasteiger partial charge in [-0.3, -0.25) is 9.58 Å². The summed E-state index contributed by atoms with van der Waals surface area (Å²) in [6.45, 7) is 6.87. The molecule has 1 saturated heterocycles. The van der Waals surface area contributed by atoms with Gasteiger partial charge < -0.3 is 10.2 Å². The lowest BCUT2D eigenvalue weighted by atomic mass is 10.2. The topological polar surface area (TPSA) is 66.3 Å². The maximum atomic E-state index is 12.2. The van der Waals surface area contributed by atoms with Crippen LogP contribution in [0.25, 0.3) is 0 Å². The lowest BCUT2D eigenvalue weighted by Gasteiger charge is -2.34. The maximum Gasteiger partial charge on any atom is 0.317 e. The third-order valence-electron chi connectivity index (χ3n) is 4.16. The van der Waals surface area contributed by atoms with Crippen molar-refractivity contribution in [3.63, 3.8) is 0 Å². The van der Waals surface area contributed by atoms with Gasteiger partial charge in [0.05, 0.1) is 16.9 Å². The van der Waals surface area contributed by atoms with E-state index in [1.54, 1.807) is 16.0 Å². The second-order valence-corrected chi connectivity index (χ2v) is 7.19. The molecule has 0 atom stereocenters. The molecule has 3 rings (SSSR count). The van der Waals surface area contributed by atoms with Gasteiger partial charge in [-0.2, -0.15) is 5.10 Å². The van der Waals surface area contributed by atoms with Gasteiger partial charge in [-0.05, 0) is 18.9 Å². The van der Waals surface area contributed by atoms with Gasteiger partial charge in [0.1, 0.15) is 0 Å². The van der Waals surface area contributed by atoms with Crippen molar-refractivity contribution in [3.8, 4) is 0 Å². The number of rotatable bonds is 5. The largest absolute Gasteiger partial charge is 0.338 e. The van der Waals surface area contributed by atoms with Crippen LogP contribution in [0, 0.1) is 6.92 Å². The molecule has 1 aliphatic heterocycles. The first-order valence-electron chi connectivity index (χ1n) is 8.24. The summed E-state index contributed by atoms with van der Waals surface area (Å²) in [7, 11) is 1.90. The zero-order valence-corrected chi connectivity index (χ0v) is 15.1. The maximum absolute atomic E-state index is 12.2. The lowest BCUT2D eigenvalue weighted by Crippen LogP contribution is -2.51. The van der Waals surface area contributed by atoms with Crippen LogP contribution >= 0.6 is 11.3 Å². The van der Waals surface area contributed by atoms with Gasteiger partial charge in [0.25, 0.3) is 0 Å². The Labute approximate surface area is 146 Å². The Balaban J connectivity index is 1.37. The Kier molecular flexibility index (Phi) is 5.47. The van der Waals surface area contributed by atoms with E-state index in [4.69, 9.17) is 0 Å². The lowest BCUT2D eigenvalue weighted by molar-refractivity contribution is 0.134. The number of nitrogens with zero attached hydrogens (tertiary/aromatic N) is 5. The van der Waals surface area contributed by atoms with Gasteiger partial charge in [-0.1, -0.05) is 0 Å². The van der Waals surface area contributed by atoms with Crippen molar-refractivity contribution in [2.24, 2.45) is 7.05 Å². The standard InChI is InChI=1S/C16H24N6OS/c1-13-19-15(12-24-13)11-21-5-7-22(8-6-21)16(23)17-4-3-14-9-18-20(2)10-14/h9-10,12H,3-8,11H2,1-2H3,(H,17,23). The number of carbonyl (C=O) groups is 1. The predicted octanol–water partition coefficient (Wildman–Crippen LogP) is 1.25. The van der Waals surface area contributed by atoms with Crippen LogP contribution in [0.3, 0.4) is 0 Å². The number of urea groups is 1. The van der Waals surface area contributed by atoms with Crippen molar-refractivity contribution in [2.75, 3.05) is 32.7 Å². The Morgan fingerprint density at radius 3 is 2.75 bits per heavy atom. The normalized spacial score (nSPS) is 15.7. The second kappa shape index (κ2) is 7.76. The summed E-state index contributed by atoms with van der Waals surface area (Å²) in [5.74, 6) is 0. The van der Waals surface area contributed by atoms with Crippen molar-refractivity contribution in [2.45, 2.75) is 19.9 Å². The number of amides is 2. The molecule has 130 valence electrons. The van der Waals surface area contributed by atoms with Gasteiger partial charge in [0, 0.05) is 57.9 Å². The van der Waals surface area contributed by atoms with E-state index in [1.165, 1.54) is 0 Å². The van der Waals surface area contributed by atoms with Crippen LogP contribution in [0.15, 0.2) is 17.8 Å². The Morgan fingerprint density at radius 2 is 2.12 bits per heavy atom. The first-order valence-corrected chi connectivity index (χ1v) is 9.12. The zero-order chi connectivity index (χ0) is 16.9. The molecule has 7 nitrogen and oxygen atoms in total. The fourth-order valence-electron chi connectivity index (χ4n) is 2.85. The summed E-state index contributed by atoms with van der Waals surface area (Å²) in [4.78, 5) is 21.0. The molecule has 1 fully saturated rings. The fourth-order valence-corrected chi connectivity index (χ4v) is 3.45. The summed E-state index contributed by atoms with van der Waals surface area (Å²) < 4.78 is 1.78. The fraction of sp³-hybridized carbons (Fsp3) is 0.562. The van der Waals surface area contributed by atoms with E-state index in [2.05, 4.69) is 25.7 Å². The summed E-state index contributed by atoms with van der Waals surface area (Å²) in [6.07, 6.45) is 4.62. The van der Waals surface area contributed by atoms with Gasteiger partial charge in [0.15, 0.2) is 0 Å². The summed E-state index contributed by atoms with van der Waals surface area (Å²) in [5, 5.41) is 10.4. The van der Waals surface area contributed by atoms with E-state index < -0.39 is 0 Å². The summed E-state index contributed by atoms with van der Waals surface area (Å²) in [6, 6.07) is 0.0306. The van der Waals surface area contributed by atoms with E-state index in [0.29, 0.717) is 6.54 Å². The molecular formula is C16H24N6OS. The van der Waals surface area contributed by atoms with Crippen LogP contribution in [0.5, 0.6) is 0 Å². The molecular weight excluding hydrogens is 324 g/mol. The van der Waals surface area contributed by atoms with Crippen molar-refractivity contribution in [1.82, 2.24) is 29.9 Å². The number of aromatic nitrogens is 3. The molecule has 0 unspecified atom stereocenters. The highest BCUT2D eigenvalue weighted by Crippen LogP contribution is 2.12. The molecule has 2 aromatic heterocycles. The minimum atomic E-state index is 0.0306. The minimum absolute atomic E-state index is 0.0306. The zero-order valence-electron chi connectivity index (χ0n) is 14.2. The van der Waals surface area contributed by atoms with Gasteiger partial charge in [-0.25, -0.2) is 9.78 Å². The molecule has 0 aliphatic carbocycles. The highest BCUT2D eigenvalue weighted by atomic mass is 32.1. The molecule has 24 heavy (non-hydrogen) atoms. The van der Waals surface area contributed by atoms with Gasteiger partial charge in [0.2, 0.25) is 0 Å². The quantitative estimate of drug-likeness (QED) is 0.883. The number of thiazole rings is 1. The molecule has 0 saturated carbocycles. The smallest absolute Gasteiger partial charge is 0.317 e. The van der Waals surface area contributed by atoms with Crippen molar-refractivity contribution < 1.29 is 4.79 Å². The highest BCUT2D eigenvalue weighted by molar-refractivity contribution is 7.09. The molecule has 2 amide bonds. The number of hydrogen-bond acceptors (Lipinski definition) is 5. The van der Waals surface area contributed by atoms with E-state index >= 15 is 0 Å². The molecule has 0 spiro atoms. The first kappa shape index (κ1) is 16.9. The average Bonchev–Trinajstić information content (AvgIpc) is 3.16. The molecule has 0 aromatic carbocycles. The number of aryl methyl sites for hydroxylation is 2. The van der Waals surface area contributed by atoms with E-state index in [9.17, 15) is 4.79 Å². The first-order chi connectivity index (χ1) is 11.6. The van der Waals surface area contributed by atoms with Crippen LogP contribution in [0.4, 0.5) is 4.79 Å². The molecule has 2 aromatic rings. The highest BCUT2D eigenvalue weighted by Gasteiger charge is 2.21. The average molecular weight is 348 g/mol.